The van der Waals surface area contributed by atoms with Crippen molar-refractivity contribution >= 4 is 17.3 Å². The number of hydrogen-bond donors (Lipinski definition) is 0. The van der Waals surface area contributed by atoms with Gasteiger partial charge in [0.05, 0.1) is 0 Å². The third-order valence-corrected chi connectivity index (χ3v) is 5.30. The van der Waals surface area contributed by atoms with Crippen molar-refractivity contribution in [1.82, 2.24) is 4.90 Å². The van der Waals surface area contributed by atoms with Crippen LogP contribution < -0.4 is 9.80 Å². The van der Waals surface area contributed by atoms with Crippen LogP contribution >= 0.6 is 0 Å². The van der Waals surface area contributed by atoms with Crippen molar-refractivity contribution in [2.75, 3.05) is 42.5 Å². The van der Waals surface area contributed by atoms with Crippen LogP contribution in [-0.2, 0) is 0 Å². The SMILES string of the molecule is CCN(C(=O)c1ccc(N2CCN(C(C)C)CC2)cc1)c1ccc(F)c(F)c1. The first-order valence-corrected chi connectivity index (χ1v) is 9.76. The van der Waals surface area contributed by atoms with Gasteiger partial charge in [-0.15, -0.1) is 0 Å². The Bertz CT molecular complexity index is 815. The van der Waals surface area contributed by atoms with Crippen LogP contribution in [-0.4, -0.2) is 49.6 Å². The van der Waals surface area contributed by atoms with E-state index in [1.54, 1.807) is 12.1 Å². The maximum Gasteiger partial charge on any atom is 0.258 e. The summed E-state index contributed by atoms with van der Waals surface area (Å²) in [4.78, 5) is 19.1. The van der Waals surface area contributed by atoms with E-state index in [1.807, 2.05) is 19.1 Å². The molecule has 0 aliphatic carbocycles. The van der Waals surface area contributed by atoms with Crippen LogP contribution in [0.5, 0.6) is 0 Å². The van der Waals surface area contributed by atoms with Crippen LogP contribution in [0.15, 0.2) is 42.5 Å². The molecule has 2 aromatic rings. The average Bonchev–Trinajstić information content (AvgIpc) is 2.71. The lowest BCUT2D eigenvalue weighted by Gasteiger charge is -2.38. The Morgan fingerprint density at radius 1 is 1.00 bits per heavy atom. The summed E-state index contributed by atoms with van der Waals surface area (Å²) in [5.74, 6) is -2.11. The van der Waals surface area contributed by atoms with Gasteiger partial charge in [-0.05, 0) is 57.2 Å². The van der Waals surface area contributed by atoms with E-state index in [-0.39, 0.29) is 5.91 Å². The van der Waals surface area contributed by atoms with E-state index in [9.17, 15) is 13.6 Å². The second kappa shape index (κ2) is 8.69. The fraction of sp³-hybridized carbons (Fsp3) is 0.409. The predicted octanol–water partition coefficient (Wildman–Crippen LogP) is 4.16. The van der Waals surface area contributed by atoms with Crippen molar-refractivity contribution in [2.45, 2.75) is 26.8 Å². The molecular formula is C22H27F2N3O. The van der Waals surface area contributed by atoms with E-state index in [0.29, 0.717) is 23.8 Å². The molecule has 1 amide bonds. The highest BCUT2D eigenvalue weighted by Gasteiger charge is 2.21. The summed E-state index contributed by atoms with van der Waals surface area (Å²) in [7, 11) is 0. The van der Waals surface area contributed by atoms with Crippen LogP contribution in [0.4, 0.5) is 20.2 Å². The van der Waals surface area contributed by atoms with Crippen LogP contribution in [0.1, 0.15) is 31.1 Å². The fourth-order valence-electron chi connectivity index (χ4n) is 3.56. The molecule has 1 fully saturated rings. The first kappa shape index (κ1) is 20.3. The van der Waals surface area contributed by atoms with Gasteiger partial charge >= 0.3 is 0 Å². The standard InChI is InChI=1S/C22H27F2N3O/c1-4-27(19-9-10-20(23)21(24)15-19)22(28)17-5-7-18(8-6-17)26-13-11-25(12-14-26)16(2)3/h5-10,15-16H,4,11-14H2,1-3H3. The molecule has 1 heterocycles. The molecule has 0 saturated carbocycles. The lowest BCUT2D eigenvalue weighted by Crippen LogP contribution is -2.48. The van der Waals surface area contributed by atoms with Crippen molar-refractivity contribution in [3.8, 4) is 0 Å². The molecule has 0 spiro atoms. The first-order chi connectivity index (χ1) is 13.4. The third kappa shape index (κ3) is 4.33. The minimum absolute atomic E-state index is 0.232. The van der Waals surface area contributed by atoms with E-state index in [4.69, 9.17) is 0 Å². The number of carbonyl (C=O) groups is 1. The van der Waals surface area contributed by atoms with E-state index in [2.05, 4.69) is 23.6 Å². The maximum absolute atomic E-state index is 13.6. The Morgan fingerprint density at radius 3 is 2.18 bits per heavy atom. The molecule has 0 bridgehead atoms. The van der Waals surface area contributed by atoms with E-state index in [0.717, 1.165) is 44.0 Å². The Balaban J connectivity index is 1.71. The molecule has 1 saturated heterocycles. The van der Waals surface area contributed by atoms with Gasteiger partial charge in [-0.3, -0.25) is 9.69 Å². The van der Waals surface area contributed by atoms with Gasteiger partial charge in [0, 0.05) is 61.8 Å². The summed E-state index contributed by atoms with van der Waals surface area (Å²) in [6.07, 6.45) is 0. The fourth-order valence-corrected chi connectivity index (χ4v) is 3.56. The molecule has 28 heavy (non-hydrogen) atoms. The zero-order valence-corrected chi connectivity index (χ0v) is 16.7. The van der Waals surface area contributed by atoms with Gasteiger partial charge in [0.1, 0.15) is 0 Å². The maximum atomic E-state index is 13.6. The molecule has 0 aromatic heterocycles. The van der Waals surface area contributed by atoms with Crippen LogP contribution in [0.25, 0.3) is 0 Å². The smallest absolute Gasteiger partial charge is 0.258 e. The van der Waals surface area contributed by atoms with Gasteiger partial charge in [0.25, 0.3) is 5.91 Å². The molecule has 2 aromatic carbocycles. The zero-order chi connectivity index (χ0) is 20.3. The molecule has 1 aliphatic rings. The van der Waals surface area contributed by atoms with Gasteiger partial charge in [-0.25, -0.2) is 8.78 Å². The summed E-state index contributed by atoms with van der Waals surface area (Å²) >= 11 is 0. The summed E-state index contributed by atoms with van der Waals surface area (Å²) in [6.45, 7) is 10.6. The van der Waals surface area contributed by atoms with Gasteiger partial charge in [-0.2, -0.15) is 0 Å². The second-order valence-corrected chi connectivity index (χ2v) is 7.31. The number of carbonyl (C=O) groups excluding carboxylic acids is 1. The van der Waals surface area contributed by atoms with E-state index >= 15 is 0 Å². The topological polar surface area (TPSA) is 26.8 Å². The quantitative estimate of drug-likeness (QED) is 0.771. The van der Waals surface area contributed by atoms with Gasteiger partial charge < -0.3 is 9.80 Å². The van der Waals surface area contributed by atoms with Gasteiger partial charge in [-0.1, -0.05) is 0 Å². The van der Waals surface area contributed by atoms with E-state index in [1.165, 1.54) is 11.0 Å². The number of piperazine rings is 1. The van der Waals surface area contributed by atoms with Crippen LogP contribution in [0.3, 0.4) is 0 Å². The zero-order valence-electron chi connectivity index (χ0n) is 16.7. The Kier molecular flexibility index (Phi) is 6.29. The monoisotopic (exact) mass is 387 g/mol. The molecule has 0 N–H and O–H groups in total. The number of nitrogens with zero attached hydrogens (tertiary/aromatic N) is 3. The Morgan fingerprint density at radius 2 is 1.64 bits per heavy atom. The first-order valence-electron chi connectivity index (χ1n) is 9.76. The van der Waals surface area contributed by atoms with Crippen molar-refractivity contribution in [2.24, 2.45) is 0 Å². The number of hydrogen-bond acceptors (Lipinski definition) is 3. The van der Waals surface area contributed by atoms with Crippen molar-refractivity contribution in [3.63, 3.8) is 0 Å². The van der Waals surface area contributed by atoms with Crippen molar-refractivity contribution < 1.29 is 13.6 Å². The predicted molar refractivity (Wildman–Crippen MR) is 109 cm³/mol. The number of benzene rings is 2. The lowest BCUT2D eigenvalue weighted by atomic mass is 10.1. The molecule has 6 heteroatoms. The number of halogens is 2. The minimum Gasteiger partial charge on any atom is -0.369 e. The molecule has 0 radical (unpaired) electrons. The number of rotatable bonds is 5. The number of anilines is 2. The summed E-state index contributed by atoms with van der Waals surface area (Å²) < 4.78 is 26.7. The molecule has 0 unspecified atom stereocenters. The summed E-state index contributed by atoms with van der Waals surface area (Å²) in [5, 5.41) is 0. The highest BCUT2D eigenvalue weighted by Crippen LogP contribution is 2.22. The van der Waals surface area contributed by atoms with Gasteiger partial charge in [0.2, 0.25) is 0 Å². The Hall–Kier alpha value is -2.47. The highest BCUT2D eigenvalue weighted by molar-refractivity contribution is 6.06. The van der Waals surface area contributed by atoms with Crippen molar-refractivity contribution in [1.29, 1.82) is 0 Å². The van der Waals surface area contributed by atoms with Gasteiger partial charge in [0.15, 0.2) is 11.6 Å². The lowest BCUT2D eigenvalue weighted by molar-refractivity contribution is 0.0988. The average molecular weight is 387 g/mol. The minimum atomic E-state index is -0.959. The molecule has 150 valence electrons. The molecule has 4 nitrogen and oxygen atoms in total. The third-order valence-electron chi connectivity index (χ3n) is 5.30. The van der Waals surface area contributed by atoms with Crippen LogP contribution in [0.2, 0.25) is 0 Å². The molecule has 0 atom stereocenters. The normalized spacial score (nSPS) is 15.1. The summed E-state index contributed by atoms with van der Waals surface area (Å²) in [5.41, 5.74) is 1.97. The van der Waals surface area contributed by atoms with Crippen molar-refractivity contribution in [3.05, 3.63) is 59.7 Å². The van der Waals surface area contributed by atoms with Crippen LogP contribution in [0, 0.1) is 11.6 Å². The molecule has 3 rings (SSSR count). The largest absolute Gasteiger partial charge is 0.369 e. The Labute approximate surface area is 165 Å². The highest BCUT2D eigenvalue weighted by atomic mass is 19.2. The molecular weight excluding hydrogens is 360 g/mol. The number of amides is 1. The second-order valence-electron chi connectivity index (χ2n) is 7.31. The van der Waals surface area contributed by atoms with E-state index < -0.39 is 11.6 Å². The summed E-state index contributed by atoms with van der Waals surface area (Å²) in [6, 6.07) is 11.6. The molecule has 1 aliphatic heterocycles.